The number of alkyl carbamates (subject to hydrolysis) is 1. The van der Waals surface area contributed by atoms with E-state index in [-0.39, 0.29) is 36.7 Å². The molecule has 1 aromatic carbocycles. The second-order valence-corrected chi connectivity index (χ2v) is 7.24. The minimum Gasteiger partial charge on any atom is -0.450 e. The van der Waals surface area contributed by atoms with Gasteiger partial charge in [0, 0.05) is 31.9 Å². The van der Waals surface area contributed by atoms with Crippen molar-refractivity contribution in [3.8, 4) is 0 Å². The molecule has 8 nitrogen and oxygen atoms in total. The van der Waals surface area contributed by atoms with Crippen molar-refractivity contribution in [2.24, 2.45) is 5.92 Å². The highest BCUT2D eigenvalue weighted by Crippen LogP contribution is 2.11. The van der Waals surface area contributed by atoms with E-state index in [4.69, 9.17) is 4.74 Å². The Morgan fingerprint density at radius 2 is 1.72 bits per heavy atom. The molecule has 9 heteroatoms. The lowest BCUT2D eigenvalue weighted by molar-refractivity contribution is -0.136. The molecule has 0 aromatic heterocycles. The van der Waals surface area contributed by atoms with Gasteiger partial charge in [-0.25, -0.2) is 9.18 Å². The molecule has 29 heavy (non-hydrogen) atoms. The largest absolute Gasteiger partial charge is 0.450 e. The molecule has 1 aliphatic rings. The number of amides is 3. The van der Waals surface area contributed by atoms with Gasteiger partial charge in [-0.3, -0.25) is 14.5 Å². The number of halogens is 1. The molecule has 1 aromatic rings. The lowest BCUT2D eigenvalue weighted by Crippen LogP contribution is -2.57. The van der Waals surface area contributed by atoms with Gasteiger partial charge in [-0.05, 0) is 37.1 Å². The smallest absolute Gasteiger partial charge is 0.407 e. The molecular weight excluding hydrogens is 379 g/mol. The first kappa shape index (κ1) is 22.6. The Morgan fingerprint density at radius 3 is 2.28 bits per heavy atom. The highest BCUT2D eigenvalue weighted by atomic mass is 19.1. The van der Waals surface area contributed by atoms with Crippen LogP contribution in [-0.4, -0.2) is 73.1 Å². The summed E-state index contributed by atoms with van der Waals surface area (Å²) in [7, 11) is 0. The third-order valence-corrected chi connectivity index (χ3v) is 4.66. The Labute approximate surface area is 170 Å². The van der Waals surface area contributed by atoms with Crippen LogP contribution in [0.1, 0.15) is 20.8 Å². The molecule has 1 unspecified atom stereocenters. The van der Waals surface area contributed by atoms with Crippen molar-refractivity contribution >= 4 is 23.6 Å². The van der Waals surface area contributed by atoms with Crippen molar-refractivity contribution in [3.63, 3.8) is 0 Å². The van der Waals surface area contributed by atoms with Gasteiger partial charge in [0.2, 0.25) is 11.8 Å². The summed E-state index contributed by atoms with van der Waals surface area (Å²) in [6.45, 7) is 7.90. The van der Waals surface area contributed by atoms with Crippen LogP contribution in [0, 0.1) is 11.7 Å². The van der Waals surface area contributed by atoms with E-state index in [1.54, 1.807) is 11.8 Å². The SMILES string of the molecule is CCOC(=O)NC(C(=O)N1CCN(CC(=O)Nc2ccc(F)cc2)CC1)C(C)C. The highest BCUT2D eigenvalue weighted by molar-refractivity contribution is 5.92. The Balaban J connectivity index is 1.82. The Morgan fingerprint density at radius 1 is 1.10 bits per heavy atom. The maximum Gasteiger partial charge on any atom is 0.407 e. The molecule has 1 fully saturated rings. The van der Waals surface area contributed by atoms with E-state index in [0.29, 0.717) is 31.9 Å². The summed E-state index contributed by atoms with van der Waals surface area (Å²) in [6.07, 6.45) is -0.601. The van der Waals surface area contributed by atoms with Gasteiger partial charge in [-0.1, -0.05) is 13.8 Å². The number of benzene rings is 1. The normalized spacial score (nSPS) is 15.7. The van der Waals surface area contributed by atoms with Gasteiger partial charge in [0.1, 0.15) is 11.9 Å². The van der Waals surface area contributed by atoms with Crippen molar-refractivity contribution in [2.75, 3.05) is 44.6 Å². The molecule has 0 radical (unpaired) electrons. The van der Waals surface area contributed by atoms with Gasteiger partial charge in [-0.15, -0.1) is 0 Å². The van der Waals surface area contributed by atoms with Crippen molar-refractivity contribution < 1.29 is 23.5 Å². The zero-order chi connectivity index (χ0) is 21.4. The van der Waals surface area contributed by atoms with Crippen LogP contribution in [0.3, 0.4) is 0 Å². The Bertz CT molecular complexity index is 703. The monoisotopic (exact) mass is 408 g/mol. The second-order valence-electron chi connectivity index (χ2n) is 7.24. The minimum absolute atomic E-state index is 0.0774. The van der Waals surface area contributed by atoms with Crippen molar-refractivity contribution in [1.82, 2.24) is 15.1 Å². The number of hydrogen-bond acceptors (Lipinski definition) is 5. The summed E-state index contributed by atoms with van der Waals surface area (Å²) in [6, 6.07) is 4.94. The number of carbonyl (C=O) groups is 3. The van der Waals surface area contributed by atoms with E-state index < -0.39 is 12.1 Å². The van der Waals surface area contributed by atoms with Gasteiger partial charge < -0.3 is 20.3 Å². The van der Waals surface area contributed by atoms with Gasteiger partial charge in [0.05, 0.1) is 13.2 Å². The standard InChI is InChI=1S/C20H29FN4O4/c1-4-29-20(28)23-18(14(2)3)19(27)25-11-9-24(10-12-25)13-17(26)22-16-7-5-15(21)6-8-16/h5-8,14,18H,4,9-13H2,1-3H3,(H,22,26)(H,23,28). The molecule has 1 atom stereocenters. The van der Waals surface area contributed by atoms with E-state index >= 15 is 0 Å². The molecule has 0 aliphatic carbocycles. The number of nitrogens with one attached hydrogen (secondary N) is 2. The van der Waals surface area contributed by atoms with E-state index in [0.717, 1.165) is 0 Å². The third-order valence-electron chi connectivity index (χ3n) is 4.66. The zero-order valence-corrected chi connectivity index (χ0v) is 17.1. The first-order valence-electron chi connectivity index (χ1n) is 9.80. The maximum absolute atomic E-state index is 12.9. The van der Waals surface area contributed by atoms with Gasteiger partial charge in [0.25, 0.3) is 0 Å². The fraction of sp³-hybridized carbons (Fsp3) is 0.550. The molecule has 1 saturated heterocycles. The van der Waals surface area contributed by atoms with Crippen LogP contribution in [-0.2, 0) is 14.3 Å². The zero-order valence-electron chi connectivity index (χ0n) is 17.1. The van der Waals surface area contributed by atoms with Crippen molar-refractivity contribution in [2.45, 2.75) is 26.8 Å². The predicted octanol–water partition coefficient (Wildman–Crippen LogP) is 1.68. The number of hydrogen-bond donors (Lipinski definition) is 2. The molecule has 0 saturated carbocycles. The summed E-state index contributed by atoms with van der Waals surface area (Å²) in [5.41, 5.74) is 0.537. The van der Waals surface area contributed by atoms with Gasteiger partial charge in [-0.2, -0.15) is 0 Å². The molecular formula is C20H29FN4O4. The topological polar surface area (TPSA) is 91.0 Å². The van der Waals surface area contributed by atoms with Gasteiger partial charge >= 0.3 is 6.09 Å². The van der Waals surface area contributed by atoms with E-state index in [1.165, 1.54) is 24.3 Å². The summed E-state index contributed by atoms with van der Waals surface area (Å²) < 4.78 is 17.8. The fourth-order valence-electron chi connectivity index (χ4n) is 3.07. The number of carbonyl (C=O) groups excluding carboxylic acids is 3. The fourth-order valence-corrected chi connectivity index (χ4v) is 3.07. The molecule has 2 rings (SSSR count). The predicted molar refractivity (Wildman–Crippen MR) is 107 cm³/mol. The quantitative estimate of drug-likeness (QED) is 0.716. The number of ether oxygens (including phenoxy) is 1. The van der Waals surface area contributed by atoms with Crippen LogP contribution in [0.4, 0.5) is 14.9 Å². The van der Waals surface area contributed by atoms with E-state index in [9.17, 15) is 18.8 Å². The number of anilines is 1. The van der Waals surface area contributed by atoms with Crippen LogP contribution in [0.2, 0.25) is 0 Å². The first-order chi connectivity index (χ1) is 13.8. The third kappa shape index (κ3) is 7.01. The van der Waals surface area contributed by atoms with Crippen LogP contribution >= 0.6 is 0 Å². The summed E-state index contributed by atoms with van der Waals surface area (Å²) >= 11 is 0. The van der Waals surface area contributed by atoms with Crippen LogP contribution in [0.25, 0.3) is 0 Å². The average molecular weight is 408 g/mol. The molecule has 160 valence electrons. The molecule has 1 aliphatic heterocycles. The summed E-state index contributed by atoms with van der Waals surface area (Å²) in [5, 5.41) is 5.36. The molecule has 0 bridgehead atoms. The Kier molecular flexibility index (Phi) is 8.38. The molecule has 0 spiro atoms. The number of piperazine rings is 1. The average Bonchev–Trinajstić information content (AvgIpc) is 2.68. The van der Waals surface area contributed by atoms with Crippen LogP contribution < -0.4 is 10.6 Å². The molecule has 3 amide bonds. The molecule has 2 N–H and O–H groups in total. The van der Waals surface area contributed by atoms with Crippen LogP contribution in [0.5, 0.6) is 0 Å². The van der Waals surface area contributed by atoms with Crippen molar-refractivity contribution in [3.05, 3.63) is 30.1 Å². The number of rotatable bonds is 7. The lowest BCUT2D eigenvalue weighted by atomic mass is 10.0. The van der Waals surface area contributed by atoms with E-state index in [2.05, 4.69) is 10.6 Å². The maximum atomic E-state index is 12.9. The molecule has 1 heterocycles. The second kappa shape index (κ2) is 10.8. The van der Waals surface area contributed by atoms with E-state index in [1.807, 2.05) is 18.7 Å². The van der Waals surface area contributed by atoms with Gasteiger partial charge in [0.15, 0.2) is 0 Å². The van der Waals surface area contributed by atoms with Crippen molar-refractivity contribution in [1.29, 1.82) is 0 Å². The Hall–Kier alpha value is -2.68. The van der Waals surface area contributed by atoms with Crippen LogP contribution in [0.15, 0.2) is 24.3 Å². The highest BCUT2D eigenvalue weighted by Gasteiger charge is 2.31. The number of nitrogens with zero attached hydrogens (tertiary/aromatic N) is 2. The minimum atomic E-state index is -0.651. The summed E-state index contributed by atoms with van der Waals surface area (Å²) in [5.74, 6) is -0.781. The first-order valence-corrected chi connectivity index (χ1v) is 9.80. The lowest BCUT2D eigenvalue weighted by Gasteiger charge is -2.36. The summed E-state index contributed by atoms with van der Waals surface area (Å²) in [4.78, 5) is 40.3.